The smallest absolute Gasteiger partial charge is 0.267 e. The molecule has 1 saturated carbocycles. The van der Waals surface area contributed by atoms with Gasteiger partial charge in [-0.05, 0) is 68.1 Å². The Morgan fingerprint density at radius 3 is 2.58 bits per heavy atom. The van der Waals surface area contributed by atoms with Gasteiger partial charge < -0.3 is 15.0 Å². The number of halogens is 2. The lowest BCUT2D eigenvalue weighted by atomic mass is 10.00. The summed E-state index contributed by atoms with van der Waals surface area (Å²) in [6.07, 6.45) is 3.64. The van der Waals surface area contributed by atoms with E-state index in [2.05, 4.69) is 25.5 Å². The number of benzene rings is 1. The van der Waals surface area contributed by atoms with Gasteiger partial charge in [0.2, 0.25) is 0 Å². The number of hydrogen-bond acceptors (Lipinski definition) is 6. The molecule has 3 fully saturated rings. The predicted molar refractivity (Wildman–Crippen MR) is 135 cm³/mol. The maximum atomic E-state index is 14.1. The van der Waals surface area contributed by atoms with E-state index in [-0.39, 0.29) is 17.4 Å². The monoisotopic (exact) mass is 496 g/mol. The molecule has 1 N–H and O–H groups in total. The third-order valence-electron chi connectivity index (χ3n) is 8.43. The number of anilines is 1. The fraction of sp³-hybridized carbons (Fsp3) is 0.593. The zero-order valence-electron chi connectivity index (χ0n) is 21.0. The molecule has 36 heavy (non-hydrogen) atoms. The first-order valence-corrected chi connectivity index (χ1v) is 13.1. The third-order valence-corrected chi connectivity index (χ3v) is 8.43. The Morgan fingerprint density at radius 1 is 1.11 bits per heavy atom. The Hall–Kier alpha value is -2.65. The molecule has 1 aromatic carbocycles. The summed E-state index contributed by atoms with van der Waals surface area (Å²) < 4.78 is 35.5. The molecule has 3 aliphatic rings. The molecule has 2 saturated heterocycles. The van der Waals surface area contributed by atoms with Crippen molar-refractivity contribution in [3.05, 3.63) is 35.5 Å². The van der Waals surface area contributed by atoms with Crippen LogP contribution in [0, 0.1) is 24.7 Å². The largest absolute Gasteiger partial charge is 0.381 e. The van der Waals surface area contributed by atoms with E-state index in [9.17, 15) is 8.78 Å². The van der Waals surface area contributed by atoms with Crippen LogP contribution >= 0.6 is 0 Å². The van der Waals surface area contributed by atoms with Crippen molar-refractivity contribution in [1.29, 1.82) is 0 Å². The number of ether oxygens (including phenoxy) is 1. The van der Waals surface area contributed by atoms with E-state index >= 15 is 0 Å². The fourth-order valence-electron chi connectivity index (χ4n) is 6.60. The molecule has 6 rings (SSSR count). The van der Waals surface area contributed by atoms with Gasteiger partial charge in [0.05, 0.1) is 16.8 Å². The second-order valence-corrected chi connectivity index (χ2v) is 10.9. The second kappa shape index (κ2) is 9.67. The summed E-state index contributed by atoms with van der Waals surface area (Å²) in [4.78, 5) is 2.61. The number of nitrogens with zero attached hydrogens (tertiary/aromatic N) is 5. The Balaban J connectivity index is 1.14. The number of hydrogen-bond donors (Lipinski definition) is 1. The lowest BCUT2D eigenvalue weighted by Gasteiger charge is -2.28. The minimum Gasteiger partial charge on any atom is -0.381 e. The van der Waals surface area contributed by atoms with E-state index in [1.807, 2.05) is 32.3 Å². The van der Waals surface area contributed by atoms with E-state index in [0.29, 0.717) is 17.5 Å². The molecule has 0 radical (unpaired) electrons. The van der Waals surface area contributed by atoms with Crippen LogP contribution < -0.4 is 5.32 Å². The molecule has 2 aromatic heterocycles. The van der Waals surface area contributed by atoms with Crippen molar-refractivity contribution in [1.82, 2.24) is 24.9 Å². The molecule has 9 heteroatoms. The van der Waals surface area contributed by atoms with Crippen LogP contribution in [-0.2, 0) is 11.8 Å². The van der Waals surface area contributed by atoms with Crippen molar-refractivity contribution in [2.75, 3.05) is 38.2 Å². The van der Waals surface area contributed by atoms with Gasteiger partial charge in [-0.3, -0.25) is 4.68 Å². The highest BCUT2D eigenvalue weighted by molar-refractivity contribution is 5.88. The summed E-state index contributed by atoms with van der Waals surface area (Å²) in [7, 11) is 1.87. The van der Waals surface area contributed by atoms with Crippen molar-refractivity contribution in [3.8, 4) is 11.3 Å². The number of nitrogens with one attached hydrogen (secondary N) is 1. The van der Waals surface area contributed by atoms with Crippen molar-refractivity contribution in [2.45, 2.75) is 45.1 Å². The lowest BCUT2D eigenvalue weighted by Crippen LogP contribution is -2.32. The van der Waals surface area contributed by atoms with Crippen LogP contribution in [0.5, 0.6) is 0 Å². The summed E-state index contributed by atoms with van der Waals surface area (Å²) >= 11 is 0. The standard InChI is InChI=1S/C27H34F2N6O/c1-16-21(3-4-24-23(16)15-34(2)33-24)25-11-22(26(28)29)27(32-31-25)30-20-9-18-13-35(14-19(18)10-20)12-17-5-7-36-8-6-17/h3-4,11,15,17-20,26H,5-10,12-14H2,1-2H3,(H,30,32)/t18-,19+,20+. The zero-order valence-corrected chi connectivity index (χ0v) is 21.0. The van der Waals surface area contributed by atoms with Gasteiger partial charge in [-0.25, -0.2) is 8.78 Å². The van der Waals surface area contributed by atoms with Crippen LogP contribution in [0.2, 0.25) is 0 Å². The van der Waals surface area contributed by atoms with Gasteiger partial charge >= 0.3 is 0 Å². The second-order valence-electron chi connectivity index (χ2n) is 10.9. The number of fused-ring (bicyclic) bond motifs is 2. The van der Waals surface area contributed by atoms with Gasteiger partial charge in [0.15, 0.2) is 5.82 Å². The summed E-state index contributed by atoms with van der Waals surface area (Å²) in [5, 5.41) is 17.4. The first kappa shape index (κ1) is 23.7. The van der Waals surface area contributed by atoms with Crippen LogP contribution in [0.1, 0.15) is 43.2 Å². The van der Waals surface area contributed by atoms with Crippen LogP contribution in [-0.4, -0.2) is 63.8 Å². The van der Waals surface area contributed by atoms with Gasteiger partial charge in [0, 0.05) is 63.1 Å². The summed E-state index contributed by atoms with van der Waals surface area (Å²) in [6.45, 7) is 7.15. The van der Waals surface area contributed by atoms with Crippen molar-refractivity contribution in [3.63, 3.8) is 0 Å². The summed E-state index contributed by atoms with van der Waals surface area (Å²) in [5.74, 6) is 2.21. The molecule has 0 spiro atoms. The minimum absolute atomic E-state index is 0.0797. The molecule has 0 bridgehead atoms. The van der Waals surface area contributed by atoms with Gasteiger partial charge in [-0.1, -0.05) is 6.07 Å². The summed E-state index contributed by atoms with van der Waals surface area (Å²) in [6, 6.07) is 5.45. The zero-order chi connectivity index (χ0) is 24.8. The SMILES string of the molecule is Cc1c(-c2cc(C(F)F)c(N[C@H]3C[C@@H]4CN(CC5CCOCC5)C[C@@H]4C3)nn2)ccc2nn(C)cc12. The molecule has 2 aliphatic heterocycles. The highest BCUT2D eigenvalue weighted by atomic mass is 19.3. The van der Waals surface area contributed by atoms with E-state index in [1.54, 1.807) is 4.68 Å². The minimum atomic E-state index is -2.62. The van der Waals surface area contributed by atoms with Crippen molar-refractivity contribution >= 4 is 16.7 Å². The van der Waals surface area contributed by atoms with Crippen LogP contribution in [0.4, 0.5) is 14.6 Å². The maximum Gasteiger partial charge on any atom is 0.267 e. The molecular weight excluding hydrogens is 462 g/mol. The molecule has 4 heterocycles. The number of likely N-dealkylation sites (tertiary alicyclic amines) is 1. The van der Waals surface area contributed by atoms with Gasteiger partial charge in [-0.15, -0.1) is 10.2 Å². The Morgan fingerprint density at radius 2 is 1.86 bits per heavy atom. The van der Waals surface area contributed by atoms with E-state index in [1.165, 1.54) is 12.6 Å². The molecule has 1 aliphatic carbocycles. The molecule has 192 valence electrons. The molecule has 0 unspecified atom stereocenters. The lowest BCUT2D eigenvalue weighted by molar-refractivity contribution is 0.0545. The maximum absolute atomic E-state index is 14.1. The Labute approximate surface area is 210 Å². The average molecular weight is 497 g/mol. The molecule has 3 aromatic rings. The number of aromatic nitrogens is 4. The fourth-order valence-corrected chi connectivity index (χ4v) is 6.60. The number of rotatable bonds is 6. The third kappa shape index (κ3) is 4.59. The van der Waals surface area contributed by atoms with Gasteiger partial charge in [0.25, 0.3) is 6.43 Å². The van der Waals surface area contributed by atoms with Crippen molar-refractivity contribution < 1.29 is 13.5 Å². The summed E-state index contributed by atoms with van der Waals surface area (Å²) in [5.41, 5.74) is 3.02. The van der Waals surface area contributed by atoms with Crippen molar-refractivity contribution in [2.24, 2.45) is 24.8 Å². The first-order chi connectivity index (χ1) is 17.4. The predicted octanol–water partition coefficient (Wildman–Crippen LogP) is 4.83. The number of aryl methyl sites for hydroxylation is 2. The number of alkyl halides is 2. The molecular formula is C27H34F2N6O. The van der Waals surface area contributed by atoms with E-state index in [4.69, 9.17) is 4.74 Å². The normalized spacial score (nSPS) is 25.2. The van der Waals surface area contributed by atoms with Crippen LogP contribution in [0.15, 0.2) is 24.4 Å². The average Bonchev–Trinajstić information content (AvgIpc) is 3.53. The van der Waals surface area contributed by atoms with Gasteiger partial charge in [-0.2, -0.15) is 5.10 Å². The van der Waals surface area contributed by atoms with E-state index < -0.39 is 6.43 Å². The van der Waals surface area contributed by atoms with E-state index in [0.717, 1.165) is 79.9 Å². The van der Waals surface area contributed by atoms with Crippen LogP contribution in [0.3, 0.4) is 0 Å². The quantitative estimate of drug-likeness (QED) is 0.528. The van der Waals surface area contributed by atoms with Crippen LogP contribution in [0.25, 0.3) is 22.2 Å². The first-order valence-electron chi connectivity index (χ1n) is 13.1. The highest BCUT2D eigenvalue weighted by Gasteiger charge is 2.41. The van der Waals surface area contributed by atoms with Gasteiger partial charge in [0.1, 0.15) is 0 Å². The Kier molecular flexibility index (Phi) is 6.37. The Bertz CT molecular complexity index is 1230. The molecule has 0 amide bonds. The molecule has 7 nitrogen and oxygen atoms in total. The molecule has 3 atom stereocenters. The topological polar surface area (TPSA) is 68.1 Å². The highest BCUT2D eigenvalue weighted by Crippen LogP contribution is 2.41.